The maximum Gasteiger partial charge on any atom is 0.343 e. The van der Waals surface area contributed by atoms with Gasteiger partial charge in [-0.15, -0.1) is 0 Å². The normalized spacial score (nSPS) is 10.5. The molecule has 0 atom stereocenters. The van der Waals surface area contributed by atoms with E-state index in [-0.39, 0.29) is 29.4 Å². The Balaban J connectivity index is 1.60. The van der Waals surface area contributed by atoms with Gasteiger partial charge in [-0.1, -0.05) is 12.1 Å². The summed E-state index contributed by atoms with van der Waals surface area (Å²) < 4.78 is 21.9. The lowest BCUT2D eigenvalue weighted by molar-refractivity contribution is -0.384. The Kier molecular flexibility index (Phi) is 9.54. The highest BCUT2D eigenvalue weighted by Crippen LogP contribution is 2.29. The number of nitro groups is 1. The smallest absolute Gasteiger partial charge is 0.343 e. The van der Waals surface area contributed by atoms with Crippen molar-refractivity contribution in [3.63, 3.8) is 0 Å². The van der Waals surface area contributed by atoms with Crippen LogP contribution in [0, 0.1) is 10.1 Å². The molecule has 1 N–H and O–H groups in total. The van der Waals surface area contributed by atoms with Crippen LogP contribution in [-0.4, -0.2) is 42.8 Å². The molecule has 0 saturated carbocycles. The molecular weight excluding hydrogens is 482 g/mol. The molecule has 3 rings (SSSR count). The van der Waals surface area contributed by atoms with Gasteiger partial charge >= 0.3 is 5.97 Å². The second-order valence-corrected chi connectivity index (χ2v) is 7.29. The van der Waals surface area contributed by atoms with Gasteiger partial charge in [0.15, 0.2) is 29.6 Å². The van der Waals surface area contributed by atoms with Crippen LogP contribution in [0.3, 0.4) is 0 Å². The number of non-ortho nitro benzene ring substituents is 1. The number of rotatable bonds is 12. The average Bonchev–Trinajstić information content (AvgIpc) is 2.90. The maximum absolute atomic E-state index is 12.5. The summed E-state index contributed by atoms with van der Waals surface area (Å²) >= 11 is 0. The molecule has 0 fully saturated rings. The number of esters is 1. The largest absolute Gasteiger partial charge is 0.490 e. The molecule has 0 radical (unpaired) electrons. The molecule has 0 heterocycles. The fourth-order valence-corrected chi connectivity index (χ4v) is 3.03. The van der Waals surface area contributed by atoms with Crippen molar-refractivity contribution < 1.29 is 33.5 Å². The molecule has 3 aromatic rings. The number of para-hydroxylation sites is 2. The molecule has 0 saturated heterocycles. The Labute approximate surface area is 212 Å². The summed E-state index contributed by atoms with van der Waals surface area (Å²) in [6, 6.07) is 16.8. The van der Waals surface area contributed by atoms with Crippen molar-refractivity contribution in [1.82, 2.24) is 5.43 Å². The average molecular weight is 507 g/mol. The summed E-state index contributed by atoms with van der Waals surface area (Å²) in [6.07, 6.45) is 1.40. The van der Waals surface area contributed by atoms with E-state index in [4.69, 9.17) is 18.9 Å². The first kappa shape index (κ1) is 26.7. The Bertz CT molecular complexity index is 1280. The van der Waals surface area contributed by atoms with E-state index < -0.39 is 16.8 Å². The van der Waals surface area contributed by atoms with Crippen molar-refractivity contribution >= 4 is 23.8 Å². The predicted molar refractivity (Wildman–Crippen MR) is 135 cm³/mol. The molecule has 11 nitrogen and oxygen atoms in total. The van der Waals surface area contributed by atoms with Crippen molar-refractivity contribution in [3.05, 3.63) is 88.0 Å². The third kappa shape index (κ3) is 7.79. The van der Waals surface area contributed by atoms with Crippen molar-refractivity contribution in [3.8, 4) is 23.0 Å². The number of hydrogen-bond donors (Lipinski definition) is 1. The summed E-state index contributed by atoms with van der Waals surface area (Å²) in [7, 11) is 0. The predicted octanol–water partition coefficient (Wildman–Crippen LogP) is 4.14. The number of nitro benzene ring substituents is 1. The Hall–Kier alpha value is -4.93. The van der Waals surface area contributed by atoms with Crippen LogP contribution < -0.4 is 24.4 Å². The van der Waals surface area contributed by atoms with Gasteiger partial charge in [-0.25, -0.2) is 10.2 Å². The Morgan fingerprint density at radius 3 is 2.19 bits per heavy atom. The van der Waals surface area contributed by atoms with Crippen LogP contribution in [0.4, 0.5) is 5.69 Å². The number of amides is 1. The van der Waals surface area contributed by atoms with Crippen molar-refractivity contribution in [2.75, 3.05) is 19.8 Å². The number of nitrogens with zero attached hydrogens (tertiary/aromatic N) is 2. The van der Waals surface area contributed by atoms with E-state index in [1.165, 1.54) is 36.5 Å². The zero-order chi connectivity index (χ0) is 26.6. The third-order valence-corrected chi connectivity index (χ3v) is 4.69. The van der Waals surface area contributed by atoms with Crippen LogP contribution in [0.25, 0.3) is 0 Å². The summed E-state index contributed by atoms with van der Waals surface area (Å²) in [6.45, 7) is 4.13. The van der Waals surface area contributed by atoms with E-state index in [9.17, 15) is 19.7 Å². The zero-order valence-electron chi connectivity index (χ0n) is 20.2. The highest BCUT2D eigenvalue weighted by atomic mass is 16.6. The number of ether oxygens (including phenoxy) is 4. The lowest BCUT2D eigenvalue weighted by Crippen LogP contribution is -2.24. The number of carbonyl (C=O) groups is 2. The summed E-state index contributed by atoms with van der Waals surface area (Å²) in [5.74, 6) is 0.260. The second kappa shape index (κ2) is 13.2. The molecule has 37 heavy (non-hydrogen) atoms. The van der Waals surface area contributed by atoms with Gasteiger partial charge in [-0.05, 0) is 61.9 Å². The molecule has 0 aliphatic rings. The third-order valence-electron chi connectivity index (χ3n) is 4.69. The minimum absolute atomic E-state index is 0.135. The lowest BCUT2D eigenvalue weighted by atomic mass is 10.2. The molecule has 0 spiro atoms. The molecule has 1 amide bonds. The summed E-state index contributed by atoms with van der Waals surface area (Å²) in [5.41, 5.74) is 2.96. The number of nitrogens with one attached hydrogen (secondary N) is 1. The van der Waals surface area contributed by atoms with Gasteiger partial charge in [-0.2, -0.15) is 5.10 Å². The van der Waals surface area contributed by atoms with Crippen molar-refractivity contribution in [1.29, 1.82) is 0 Å². The quantitative estimate of drug-likeness (QED) is 0.127. The first-order chi connectivity index (χ1) is 17.9. The van der Waals surface area contributed by atoms with Crippen LogP contribution in [0.15, 0.2) is 71.8 Å². The molecule has 11 heteroatoms. The van der Waals surface area contributed by atoms with E-state index in [0.29, 0.717) is 30.3 Å². The van der Waals surface area contributed by atoms with E-state index in [2.05, 4.69) is 10.5 Å². The van der Waals surface area contributed by atoms with Crippen LogP contribution in [0.1, 0.15) is 29.8 Å². The first-order valence-electron chi connectivity index (χ1n) is 11.3. The van der Waals surface area contributed by atoms with Crippen LogP contribution >= 0.6 is 0 Å². The van der Waals surface area contributed by atoms with Crippen molar-refractivity contribution in [2.45, 2.75) is 13.8 Å². The number of carbonyl (C=O) groups excluding carboxylic acids is 2. The summed E-state index contributed by atoms with van der Waals surface area (Å²) in [4.78, 5) is 34.8. The monoisotopic (exact) mass is 507 g/mol. The maximum atomic E-state index is 12.5. The van der Waals surface area contributed by atoms with Gasteiger partial charge < -0.3 is 18.9 Å². The highest BCUT2D eigenvalue weighted by molar-refractivity contribution is 5.92. The minimum Gasteiger partial charge on any atom is -0.490 e. The van der Waals surface area contributed by atoms with E-state index in [0.717, 1.165) is 0 Å². The zero-order valence-corrected chi connectivity index (χ0v) is 20.2. The fraction of sp³-hybridized carbons (Fsp3) is 0.192. The van der Waals surface area contributed by atoms with E-state index in [1.54, 1.807) is 43.3 Å². The van der Waals surface area contributed by atoms with Crippen LogP contribution in [0.5, 0.6) is 23.0 Å². The molecule has 0 aliphatic heterocycles. The van der Waals surface area contributed by atoms with Crippen LogP contribution in [-0.2, 0) is 4.79 Å². The Morgan fingerprint density at radius 1 is 0.892 bits per heavy atom. The molecule has 192 valence electrons. The van der Waals surface area contributed by atoms with Gasteiger partial charge in [0, 0.05) is 12.1 Å². The van der Waals surface area contributed by atoms with Gasteiger partial charge in [-0.3, -0.25) is 14.9 Å². The first-order valence-corrected chi connectivity index (χ1v) is 11.3. The molecule has 0 aliphatic carbocycles. The number of benzene rings is 3. The minimum atomic E-state index is -0.699. The SMILES string of the molecule is CCOc1ccccc1OCC(=O)N/N=C/c1ccc(OC(=O)c2ccc([N+](=O)[O-])cc2)c(OCC)c1. The number of hydrogen-bond acceptors (Lipinski definition) is 9. The van der Waals surface area contributed by atoms with E-state index >= 15 is 0 Å². The topological polar surface area (TPSA) is 139 Å². The highest BCUT2D eigenvalue weighted by Gasteiger charge is 2.15. The second-order valence-electron chi connectivity index (χ2n) is 7.29. The van der Waals surface area contributed by atoms with Gasteiger partial charge in [0.2, 0.25) is 0 Å². The van der Waals surface area contributed by atoms with Crippen molar-refractivity contribution in [2.24, 2.45) is 5.10 Å². The van der Waals surface area contributed by atoms with Gasteiger partial charge in [0.25, 0.3) is 11.6 Å². The molecule has 0 aromatic heterocycles. The number of hydrazone groups is 1. The molecule has 0 bridgehead atoms. The van der Waals surface area contributed by atoms with Gasteiger partial charge in [0.05, 0.1) is 29.9 Å². The Morgan fingerprint density at radius 2 is 1.54 bits per heavy atom. The summed E-state index contributed by atoms with van der Waals surface area (Å²) in [5, 5.41) is 14.7. The van der Waals surface area contributed by atoms with Gasteiger partial charge in [0.1, 0.15) is 0 Å². The van der Waals surface area contributed by atoms with E-state index in [1.807, 2.05) is 6.92 Å². The molecule has 3 aromatic carbocycles. The fourth-order valence-electron chi connectivity index (χ4n) is 3.03. The molecule has 0 unspecified atom stereocenters. The van der Waals surface area contributed by atoms with Crippen LogP contribution in [0.2, 0.25) is 0 Å². The lowest BCUT2D eigenvalue weighted by Gasteiger charge is -2.11. The molecular formula is C26H25N3O8. The standard InChI is InChI=1S/C26H25N3O8/c1-3-34-21-7-5-6-8-22(21)36-17-25(30)28-27-16-18-9-14-23(24(15-18)35-4-2)37-26(31)19-10-12-20(13-11-19)29(32)33/h5-16H,3-4,17H2,1-2H3,(H,28,30)/b27-16+.